The Morgan fingerprint density at radius 3 is 2.39 bits per heavy atom. The van der Waals surface area contributed by atoms with Gasteiger partial charge in [-0.05, 0) is 42.5 Å². The van der Waals surface area contributed by atoms with E-state index < -0.39 is 5.97 Å². The summed E-state index contributed by atoms with van der Waals surface area (Å²) in [5, 5.41) is 20.4. The minimum absolute atomic E-state index is 0.215. The first-order chi connectivity index (χ1) is 14.9. The number of aromatic amines is 1. The maximum absolute atomic E-state index is 10.3. The van der Waals surface area contributed by atoms with Crippen molar-refractivity contribution in [3.63, 3.8) is 0 Å². The highest BCUT2D eigenvalue weighted by atomic mass is 35.5. The molecule has 2 aliphatic rings. The molecule has 4 heterocycles. The van der Waals surface area contributed by atoms with Gasteiger partial charge in [0.2, 0.25) is 0 Å². The topological polar surface area (TPSA) is 104 Å². The van der Waals surface area contributed by atoms with Crippen molar-refractivity contribution in [2.75, 3.05) is 0 Å². The van der Waals surface area contributed by atoms with Gasteiger partial charge in [-0.2, -0.15) is 4.73 Å². The molecule has 7 nitrogen and oxygen atoms in total. The fraction of sp³-hybridized carbons (Fsp3) is 0. The van der Waals surface area contributed by atoms with E-state index in [0.717, 1.165) is 26.3 Å². The summed E-state index contributed by atoms with van der Waals surface area (Å²) in [5.74, 6) is -0.472. The third-order valence-electron chi connectivity index (χ3n) is 3.99. The van der Waals surface area contributed by atoms with Crippen LogP contribution in [0.3, 0.4) is 0 Å². The van der Waals surface area contributed by atoms with E-state index in [4.69, 9.17) is 39.9 Å². The quantitative estimate of drug-likeness (QED) is 0.252. The van der Waals surface area contributed by atoms with Gasteiger partial charge in [0.05, 0.1) is 15.6 Å². The third-order valence-corrected chi connectivity index (χ3v) is 4.89. The normalized spacial score (nSPS) is 10.2. The molecule has 0 saturated heterocycles. The Bertz CT molecular complexity index is 1250. The fourth-order valence-electron chi connectivity index (χ4n) is 2.54. The van der Waals surface area contributed by atoms with E-state index in [1.807, 2.05) is 12.3 Å². The Morgan fingerprint density at radius 2 is 1.74 bits per heavy atom. The second kappa shape index (κ2) is 10.2. The van der Waals surface area contributed by atoms with Crippen LogP contribution >= 0.6 is 34.8 Å². The number of benzene rings is 1. The number of aromatic carboxylic acids is 1. The summed E-state index contributed by atoms with van der Waals surface area (Å²) >= 11 is 17.2. The van der Waals surface area contributed by atoms with E-state index in [-0.39, 0.29) is 5.56 Å². The molecule has 0 amide bonds. The molecule has 0 saturated carbocycles. The molecule has 3 N–H and O–H groups in total. The van der Waals surface area contributed by atoms with Crippen LogP contribution in [0.1, 0.15) is 10.4 Å². The van der Waals surface area contributed by atoms with Crippen LogP contribution < -0.4 is 0 Å². The third kappa shape index (κ3) is 5.67. The molecule has 3 aromatic rings. The largest absolute Gasteiger partial charge is 0.478 e. The maximum Gasteiger partial charge on any atom is 0.335 e. The highest BCUT2D eigenvalue weighted by Crippen LogP contribution is 2.27. The predicted molar refractivity (Wildman–Crippen MR) is 121 cm³/mol. The van der Waals surface area contributed by atoms with Crippen molar-refractivity contribution < 1.29 is 15.1 Å². The molecule has 5 rings (SSSR count). The number of nitrogens with zero attached hydrogens (tertiary/aromatic N) is 3. The molecule has 2 aromatic heterocycles. The Hall–Kier alpha value is -3.26. The Kier molecular flexibility index (Phi) is 7.36. The van der Waals surface area contributed by atoms with Crippen molar-refractivity contribution in [1.82, 2.24) is 19.7 Å². The number of carboxylic acid groups (broad SMARTS) is 1. The zero-order valence-electron chi connectivity index (χ0n) is 15.7. The van der Waals surface area contributed by atoms with Crippen LogP contribution in [0.15, 0.2) is 73.3 Å². The molecule has 31 heavy (non-hydrogen) atoms. The lowest BCUT2D eigenvalue weighted by Crippen LogP contribution is -1.97. The Morgan fingerprint density at radius 1 is 0.968 bits per heavy atom. The van der Waals surface area contributed by atoms with Gasteiger partial charge in [0.25, 0.3) is 0 Å². The van der Waals surface area contributed by atoms with Gasteiger partial charge in [-0.3, -0.25) is 0 Å². The van der Waals surface area contributed by atoms with Crippen LogP contribution in [-0.4, -0.2) is 36.0 Å². The van der Waals surface area contributed by atoms with E-state index >= 15 is 0 Å². The lowest BCUT2D eigenvalue weighted by atomic mass is 10.2. The molecule has 158 valence electrons. The number of nitrogens with one attached hydrogen (secondary N) is 1. The van der Waals surface area contributed by atoms with Crippen molar-refractivity contribution >= 4 is 51.8 Å². The summed E-state index contributed by atoms with van der Waals surface area (Å²) in [6, 6.07) is 13.2. The second-order valence-corrected chi connectivity index (χ2v) is 7.29. The second-order valence-electron chi connectivity index (χ2n) is 6.04. The number of hydrogen-bond acceptors (Lipinski definition) is 4. The number of carboxylic acids is 1. The number of halogens is 3. The van der Waals surface area contributed by atoms with E-state index in [1.54, 1.807) is 42.7 Å². The molecule has 0 fully saturated rings. The average Bonchev–Trinajstić information content (AvgIpc) is 3.43. The Balaban J connectivity index is 0.000000132. The van der Waals surface area contributed by atoms with Crippen molar-refractivity contribution in [3.8, 4) is 11.4 Å². The summed E-state index contributed by atoms with van der Waals surface area (Å²) in [6.07, 6.45) is 6.56. The SMILES string of the molecule is Clc1ccnc2[nH]ccc12.O=C(O)c1cccc(Cl)c1.On1ccc(Cl)c2ccnc1-2. The smallest absolute Gasteiger partial charge is 0.335 e. The predicted octanol–water partition coefficient (Wildman–Crippen LogP) is 6.13. The van der Waals surface area contributed by atoms with Crippen LogP contribution in [0, 0.1) is 0 Å². The number of pyridine rings is 2. The summed E-state index contributed by atoms with van der Waals surface area (Å²) in [5.41, 5.74) is 1.82. The molecule has 10 heteroatoms. The monoisotopic (exact) mass is 476 g/mol. The van der Waals surface area contributed by atoms with Gasteiger partial charge >= 0.3 is 5.97 Å². The minimum atomic E-state index is -0.956. The molecule has 2 aliphatic heterocycles. The molecule has 0 bridgehead atoms. The number of hydrogen-bond donors (Lipinski definition) is 3. The summed E-state index contributed by atoms with van der Waals surface area (Å²) in [6.45, 7) is 0. The maximum atomic E-state index is 10.3. The molecular weight excluding hydrogens is 463 g/mol. The number of aromatic nitrogens is 4. The van der Waals surface area contributed by atoms with E-state index in [1.165, 1.54) is 18.3 Å². The first-order valence-corrected chi connectivity index (χ1v) is 9.87. The zero-order valence-corrected chi connectivity index (χ0v) is 18.0. The number of carbonyl (C=O) groups is 1. The summed E-state index contributed by atoms with van der Waals surface area (Å²) in [4.78, 5) is 21.2. The first kappa shape index (κ1) is 22.4. The van der Waals surface area contributed by atoms with E-state index in [0.29, 0.717) is 15.9 Å². The Labute approximate surface area is 191 Å². The van der Waals surface area contributed by atoms with Crippen molar-refractivity contribution in [3.05, 3.63) is 93.9 Å². The molecule has 0 spiro atoms. The molecule has 0 unspecified atom stereocenters. The highest BCUT2D eigenvalue weighted by molar-refractivity contribution is 6.35. The van der Waals surface area contributed by atoms with Gasteiger partial charge in [-0.1, -0.05) is 40.9 Å². The standard InChI is InChI=1S/C7H5ClN2O.C7H5ClN2.C7H5ClO2/c8-6-2-4-10(11)7-5(6)1-3-9-7;8-6-2-4-10-7-5(6)1-3-9-7;8-6-3-1-2-5(4-6)7(9)10/h1-4,11H;2*1-4H,(H,9,10). The van der Waals surface area contributed by atoms with E-state index in [9.17, 15) is 10.0 Å². The molecular formula is C21H15Cl3N4O3. The van der Waals surface area contributed by atoms with Gasteiger partial charge in [0.1, 0.15) is 5.65 Å². The van der Waals surface area contributed by atoms with E-state index in [2.05, 4.69) is 15.0 Å². The number of fused-ring (bicyclic) bond motifs is 2. The zero-order chi connectivity index (χ0) is 22.4. The van der Waals surface area contributed by atoms with Gasteiger partial charge in [-0.25, -0.2) is 14.8 Å². The van der Waals surface area contributed by atoms with Crippen molar-refractivity contribution in [1.29, 1.82) is 0 Å². The van der Waals surface area contributed by atoms with Crippen molar-refractivity contribution in [2.45, 2.75) is 0 Å². The molecule has 1 aromatic carbocycles. The van der Waals surface area contributed by atoms with Crippen LogP contribution in [-0.2, 0) is 0 Å². The summed E-state index contributed by atoms with van der Waals surface area (Å²) < 4.78 is 0.946. The molecule has 0 aliphatic carbocycles. The van der Waals surface area contributed by atoms with Gasteiger partial charge < -0.3 is 15.3 Å². The van der Waals surface area contributed by atoms with Gasteiger partial charge in [0, 0.05) is 40.8 Å². The fourth-order valence-corrected chi connectivity index (χ4v) is 3.14. The lowest BCUT2D eigenvalue weighted by Gasteiger charge is -2.03. The van der Waals surface area contributed by atoms with Crippen molar-refractivity contribution in [2.24, 2.45) is 0 Å². The van der Waals surface area contributed by atoms with Gasteiger partial charge in [0.15, 0.2) is 5.82 Å². The molecule has 0 atom stereocenters. The molecule has 0 radical (unpaired) electrons. The highest BCUT2D eigenvalue weighted by Gasteiger charge is 2.10. The van der Waals surface area contributed by atoms with Crippen LogP contribution in [0.4, 0.5) is 0 Å². The van der Waals surface area contributed by atoms with Crippen LogP contribution in [0.5, 0.6) is 0 Å². The summed E-state index contributed by atoms with van der Waals surface area (Å²) in [7, 11) is 0. The minimum Gasteiger partial charge on any atom is -0.478 e. The van der Waals surface area contributed by atoms with Crippen LogP contribution in [0.25, 0.3) is 22.4 Å². The number of rotatable bonds is 1. The lowest BCUT2D eigenvalue weighted by molar-refractivity contribution is 0.0697. The first-order valence-electron chi connectivity index (χ1n) is 8.74. The van der Waals surface area contributed by atoms with Gasteiger partial charge in [-0.15, -0.1) is 0 Å². The average molecular weight is 478 g/mol. The number of H-pyrrole nitrogens is 1. The van der Waals surface area contributed by atoms with Crippen LogP contribution in [0.2, 0.25) is 15.1 Å².